The lowest BCUT2D eigenvalue weighted by atomic mass is 10.1. The summed E-state index contributed by atoms with van der Waals surface area (Å²) >= 11 is 0. The maximum atomic E-state index is 13.5. The molecule has 1 aromatic carbocycles. The Bertz CT molecular complexity index is 1020. The largest absolute Gasteiger partial charge is 0.318 e. The first-order valence-electron chi connectivity index (χ1n) is 10.8. The smallest absolute Gasteiger partial charge is 0.269 e. The van der Waals surface area contributed by atoms with Gasteiger partial charge in [-0.05, 0) is 42.7 Å². The fourth-order valence-electron chi connectivity index (χ4n) is 4.11. The zero-order chi connectivity index (χ0) is 23.2. The fraction of sp³-hybridized carbons (Fsp3) is 0.435. The van der Waals surface area contributed by atoms with Crippen molar-refractivity contribution in [2.24, 2.45) is 0 Å². The average molecular weight is 460 g/mol. The van der Waals surface area contributed by atoms with E-state index in [4.69, 9.17) is 0 Å². The van der Waals surface area contributed by atoms with Crippen molar-refractivity contribution in [3.05, 3.63) is 70.3 Å². The van der Waals surface area contributed by atoms with Gasteiger partial charge in [-0.3, -0.25) is 14.9 Å². The summed E-state index contributed by atoms with van der Waals surface area (Å²) in [4.78, 5) is 23.0. The Balaban J connectivity index is 1.80. The number of nitrogens with one attached hydrogen (secondary N) is 1. The number of nitro benzene ring substituents is 1. The third-order valence-corrected chi connectivity index (χ3v) is 8.23. The van der Waals surface area contributed by atoms with E-state index in [-0.39, 0.29) is 18.2 Å². The summed E-state index contributed by atoms with van der Waals surface area (Å²) in [5, 5.41) is 10.8. The molecule has 1 fully saturated rings. The second kappa shape index (κ2) is 10.2. The van der Waals surface area contributed by atoms with Crippen LogP contribution in [0.2, 0.25) is 0 Å². The topological polar surface area (TPSA) is 110 Å². The number of likely N-dealkylation sites (N-methyl/N-ethyl adjacent to an activating group) is 1. The van der Waals surface area contributed by atoms with Crippen LogP contribution in [0.5, 0.6) is 0 Å². The number of nitrogens with zero attached hydrogens (tertiary/aromatic N) is 2. The molecular weight excluding hydrogens is 430 g/mol. The number of allylic oxidation sites excluding steroid dienone is 2. The summed E-state index contributed by atoms with van der Waals surface area (Å²) in [5.41, 5.74) is 0.560. The quantitative estimate of drug-likeness (QED) is 0.288. The highest BCUT2D eigenvalue weighted by atomic mass is 32.2. The predicted molar refractivity (Wildman–Crippen MR) is 124 cm³/mol. The summed E-state index contributed by atoms with van der Waals surface area (Å²) in [7, 11) is -2.41. The molecule has 1 atom stereocenters. The number of carbonyl (C=O) groups excluding carboxylic acids is 1. The summed E-state index contributed by atoms with van der Waals surface area (Å²) in [6.07, 6.45) is 15.5. The maximum absolute atomic E-state index is 13.5. The molecule has 1 saturated carbocycles. The molecule has 1 N–H and O–H groups in total. The van der Waals surface area contributed by atoms with Gasteiger partial charge >= 0.3 is 0 Å². The molecule has 8 nitrogen and oxygen atoms in total. The first-order valence-corrected chi connectivity index (χ1v) is 12.3. The molecule has 0 aliphatic heterocycles. The number of sulfonamides is 1. The summed E-state index contributed by atoms with van der Waals surface area (Å²) in [6.45, 7) is 0. The van der Waals surface area contributed by atoms with Gasteiger partial charge in [-0.1, -0.05) is 43.9 Å². The van der Waals surface area contributed by atoms with E-state index in [0.717, 1.165) is 38.5 Å². The lowest BCUT2D eigenvalue weighted by Crippen LogP contribution is -2.59. The number of benzene rings is 1. The molecule has 0 spiro atoms. The Morgan fingerprint density at radius 3 is 2.38 bits per heavy atom. The van der Waals surface area contributed by atoms with Crippen LogP contribution in [-0.2, 0) is 14.8 Å². The first kappa shape index (κ1) is 23.9. The van der Waals surface area contributed by atoms with Crippen molar-refractivity contribution in [2.45, 2.75) is 55.9 Å². The summed E-state index contributed by atoms with van der Waals surface area (Å²) in [6, 6.07) is 5.64. The second-order valence-corrected chi connectivity index (χ2v) is 10.2. The number of hydrogen-bond acceptors (Lipinski definition) is 5. The fourth-order valence-corrected chi connectivity index (χ4v) is 6.01. The monoisotopic (exact) mass is 459 g/mol. The Labute approximate surface area is 188 Å². The van der Waals surface area contributed by atoms with E-state index in [1.807, 2.05) is 0 Å². The van der Waals surface area contributed by atoms with Crippen molar-refractivity contribution in [1.82, 2.24) is 9.62 Å². The van der Waals surface area contributed by atoms with Crippen LogP contribution in [-0.4, -0.2) is 42.1 Å². The number of rotatable bonds is 7. The van der Waals surface area contributed by atoms with Crippen LogP contribution in [0.3, 0.4) is 0 Å². The van der Waals surface area contributed by atoms with E-state index in [2.05, 4.69) is 4.72 Å². The molecule has 1 amide bonds. The highest BCUT2D eigenvalue weighted by Crippen LogP contribution is 2.32. The Morgan fingerprint density at radius 1 is 1.16 bits per heavy atom. The van der Waals surface area contributed by atoms with Crippen molar-refractivity contribution >= 4 is 27.7 Å². The van der Waals surface area contributed by atoms with E-state index in [0.29, 0.717) is 5.56 Å². The minimum atomic E-state index is -3.89. The number of nitro groups is 1. The zero-order valence-corrected chi connectivity index (χ0v) is 19.0. The van der Waals surface area contributed by atoms with Crippen molar-refractivity contribution in [3.8, 4) is 0 Å². The van der Waals surface area contributed by atoms with Gasteiger partial charge in [0.1, 0.15) is 0 Å². The molecule has 0 bridgehead atoms. The number of amides is 1. The molecule has 172 valence electrons. The first-order chi connectivity index (χ1) is 15.2. The molecule has 0 heterocycles. The Morgan fingerprint density at radius 2 is 1.81 bits per heavy atom. The van der Waals surface area contributed by atoms with Gasteiger partial charge in [0.2, 0.25) is 15.9 Å². The molecule has 32 heavy (non-hydrogen) atoms. The van der Waals surface area contributed by atoms with E-state index >= 15 is 0 Å². The van der Waals surface area contributed by atoms with Crippen molar-refractivity contribution in [2.75, 3.05) is 7.05 Å². The minimum Gasteiger partial charge on any atom is -0.318 e. The van der Waals surface area contributed by atoms with Gasteiger partial charge in [0.25, 0.3) is 5.69 Å². The number of hydrogen-bond donors (Lipinski definition) is 1. The van der Waals surface area contributed by atoms with E-state index in [1.54, 1.807) is 24.3 Å². The maximum Gasteiger partial charge on any atom is 0.269 e. The van der Waals surface area contributed by atoms with Gasteiger partial charge in [-0.2, -0.15) is 0 Å². The highest BCUT2D eigenvalue weighted by molar-refractivity contribution is 7.91. The molecule has 3 rings (SSSR count). The van der Waals surface area contributed by atoms with Crippen LogP contribution in [0.15, 0.2) is 54.6 Å². The summed E-state index contributed by atoms with van der Waals surface area (Å²) < 4.78 is 29.9. The van der Waals surface area contributed by atoms with Gasteiger partial charge in [-0.25, -0.2) is 13.1 Å². The Hall–Kier alpha value is -2.78. The molecular formula is C23H29N3O5S. The van der Waals surface area contributed by atoms with Crippen LogP contribution < -0.4 is 4.72 Å². The van der Waals surface area contributed by atoms with E-state index in [1.165, 1.54) is 48.4 Å². The van der Waals surface area contributed by atoms with Gasteiger partial charge in [-0.15, -0.1) is 0 Å². The molecule has 9 heteroatoms. The van der Waals surface area contributed by atoms with Crippen LogP contribution in [0.25, 0.3) is 6.08 Å². The normalized spacial score (nSPS) is 22.0. The van der Waals surface area contributed by atoms with Gasteiger partial charge in [0.15, 0.2) is 4.87 Å². The van der Waals surface area contributed by atoms with Gasteiger partial charge in [0.05, 0.1) is 4.92 Å². The standard InChI is InChI=1S/C23H29N3O5S/c1-25(22(27)16-13-19-11-14-21(15-12-19)26(28)29)23(17-7-4-8-18-23)32(30,31)24-20-9-5-2-3-6-10-20/h4,7-8,11-17,20,24H,2-3,5-6,9-10,18H2,1H3. The average Bonchev–Trinajstić information content (AvgIpc) is 3.05. The van der Waals surface area contributed by atoms with Crippen molar-refractivity contribution in [1.29, 1.82) is 0 Å². The molecule has 0 saturated heterocycles. The van der Waals surface area contributed by atoms with Crippen LogP contribution in [0.4, 0.5) is 5.69 Å². The minimum absolute atomic E-state index is 0.0423. The lowest BCUT2D eigenvalue weighted by molar-refractivity contribution is -0.384. The SMILES string of the molecule is CN(C(=O)C=Cc1ccc([N+](=O)[O-])cc1)C1(S(=O)(=O)NC2CCCCCC2)C=CC=CC1. The van der Waals surface area contributed by atoms with Crippen molar-refractivity contribution < 1.29 is 18.1 Å². The third kappa shape index (κ3) is 5.34. The predicted octanol–water partition coefficient (Wildman–Crippen LogP) is 3.92. The zero-order valence-electron chi connectivity index (χ0n) is 18.1. The third-order valence-electron chi connectivity index (χ3n) is 6.08. The molecule has 1 unspecified atom stereocenters. The molecule has 1 aromatic rings. The van der Waals surface area contributed by atoms with Gasteiger partial charge < -0.3 is 4.90 Å². The van der Waals surface area contributed by atoms with Crippen molar-refractivity contribution in [3.63, 3.8) is 0 Å². The number of carbonyl (C=O) groups is 1. The number of non-ortho nitro benzene ring substituents is 1. The second-order valence-electron chi connectivity index (χ2n) is 8.23. The van der Waals surface area contributed by atoms with E-state index in [9.17, 15) is 23.3 Å². The van der Waals surface area contributed by atoms with E-state index < -0.39 is 25.7 Å². The Kier molecular flexibility index (Phi) is 7.63. The molecule has 0 aromatic heterocycles. The van der Waals surface area contributed by atoms with Gasteiger partial charge in [0, 0.05) is 37.7 Å². The molecule has 0 radical (unpaired) electrons. The highest BCUT2D eigenvalue weighted by Gasteiger charge is 2.47. The molecule has 2 aliphatic rings. The lowest BCUT2D eigenvalue weighted by Gasteiger charge is -2.39. The van der Waals surface area contributed by atoms with Crippen LogP contribution >= 0.6 is 0 Å². The van der Waals surface area contributed by atoms with Crippen LogP contribution in [0.1, 0.15) is 50.5 Å². The van der Waals surface area contributed by atoms with Crippen LogP contribution in [0, 0.1) is 10.1 Å². The summed E-state index contributed by atoms with van der Waals surface area (Å²) in [5.74, 6) is -0.477. The molecule has 2 aliphatic carbocycles.